The molecule has 1 amide bonds. The Kier molecular flexibility index (Phi) is 7.91. The van der Waals surface area contributed by atoms with E-state index >= 15 is 0 Å². The number of benzene rings is 2. The Morgan fingerprint density at radius 1 is 1.13 bits per heavy atom. The van der Waals surface area contributed by atoms with Gasteiger partial charge in [0.25, 0.3) is 15.9 Å². The molecule has 1 heterocycles. The van der Waals surface area contributed by atoms with Crippen LogP contribution < -0.4 is 4.72 Å². The van der Waals surface area contributed by atoms with E-state index in [9.17, 15) is 30.8 Å². The number of carbonyl (C=O) groups is 2. The van der Waals surface area contributed by atoms with Gasteiger partial charge in [0.2, 0.25) is 0 Å². The van der Waals surface area contributed by atoms with Crippen molar-refractivity contribution in [2.75, 3.05) is 12.9 Å². The van der Waals surface area contributed by atoms with E-state index < -0.39 is 32.4 Å². The molecule has 8 nitrogen and oxygen atoms in total. The Labute approximate surface area is 224 Å². The number of allylic oxidation sites excluding steroid dienone is 4. The lowest BCUT2D eigenvalue weighted by molar-refractivity contribution is -0.113. The van der Waals surface area contributed by atoms with Gasteiger partial charge in [0.1, 0.15) is 5.69 Å². The fourth-order valence-electron chi connectivity index (χ4n) is 4.39. The summed E-state index contributed by atoms with van der Waals surface area (Å²) in [6.07, 6.45) is 6.03. The third kappa shape index (κ3) is 5.90. The second-order valence-corrected chi connectivity index (χ2v) is 13.1. The summed E-state index contributed by atoms with van der Waals surface area (Å²) in [5.41, 5.74) is 1.01. The molecule has 4 rings (SSSR count). The van der Waals surface area contributed by atoms with Crippen LogP contribution in [0.15, 0.2) is 65.6 Å². The van der Waals surface area contributed by atoms with Gasteiger partial charge in [-0.3, -0.25) is 14.0 Å². The van der Waals surface area contributed by atoms with Crippen LogP contribution in [0.25, 0.3) is 16.5 Å². The average Bonchev–Trinajstić information content (AvgIpc) is 3.15. The molecule has 0 radical (unpaired) electrons. The standard InChI is InChI=1S/C26H24ClFN2O6S2/c1-37(33,34)16-17-6-4-7-19(14-17)38(35,36)29-26(32)25-24(20-8-2-3-9-23(20)31)21-15-18(27)10-11-22(21)30(25)13-5-12-28/h2-4,6-8,10-11,14-15H,5,9,12-13,16H2,1H3,(H,29,32). The summed E-state index contributed by atoms with van der Waals surface area (Å²) in [6.45, 7) is -0.641. The van der Waals surface area contributed by atoms with Crippen molar-refractivity contribution in [3.05, 3.63) is 82.5 Å². The van der Waals surface area contributed by atoms with E-state index in [1.807, 2.05) is 4.72 Å². The summed E-state index contributed by atoms with van der Waals surface area (Å²) in [5, 5.41) is 0.784. The fraction of sp³-hybridized carbons (Fsp3) is 0.231. The SMILES string of the molecule is CS(=O)(=O)Cc1cccc(S(=O)(=O)NC(=O)c2c(C3=CC=CCC3=O)c3cc(Cl)ccc3n2CCCF)c1. The van der Waals surface area contributed by atoms with Crippen LogP contribution in [0.1, 0.15) is 34.5 Å². The number of amides is 1. The number of sulfonamides is 1. The molecule has 0 unspecified atom stereocenters. The molecule has 0 saturated carbocycles. The van der Waals surface area contributed by atoms with Gasteiger partial charge in [0.15, 0.2) is 15.6 Å². The van der Waals surface area contributed by atoms with Gasteiger partial charge in [-0.1, -0.05) is 42.0 Å². The van der Waals surface area contributed by atoms with Crippen molar-refractivity contribution in [2.24, 2.45) is 0 Å². The highest BCUT2D eigenvalue weighted by Crippen LogP contribution is 2.36. The Balaban J connectivity index is 1.86. The number of carbonyl (C=O) groups excluding carboxylic acids is 2. The van der Waals surface area contributed by atoms with Crippen LogP contribution in [-0.4, -0.2) is 46.0 Å². The molecular formula is C26H24ClFN2O6S2. The zero-order valence-corrected chi connectivity index (χ0v) is 22.7. The number of nitrogens with one attached hydrogen (secondary N) is 1. The molecule has 12 heteroatoms. The molecule has 0 fully saturated rings. The summed E-state index contributed by atoms with van der Waals surface area (Å²) >= 11 is 6.23. The van der Waals surface area contributed by atoms with Gasteiger partial charge in [-0.25, -0.2) is 21.6 Å². The van der Waals surface area contributed by atoms with Crippen LogP contribution in [0.5, 0.6) is 0 Å². The summed E-state index contributed by atoms with van der Waals surface area (Å²) in [6, 6.07) is 10.0. The predicted octanol–water partition coefficient (Wildman–Crippen LogP) is 4.23. The van der Waals surface area contributed by atoms with Gasteiger partial charge in [-0.05, 0) is 42.3 Å². The van der Waals surface area contributed by atoms with Crippen LogP contribution in [0.4, 0.5) is 4.39 Å². The number of nitrogens with zero attached hydrogens (tertiary/aromatic N) is 1. The number of fused-ring (bicyclic) bond motifs is 1. The number of halogens is 2. The van der Waals surface area contributed by atoms with Gasteiger partial charge in [-0.15, -0.1) is 0 Å². The molecule has 0 spiro atoms. The highest BCUT2D eigenvalue weighted by atomic mass is 35.5. The van der Waals surface area contributed by atoms with Crippen molar-refractivity contribution in [3.8, 4) is 0 Å². The third-order valence-corrected chi connectivity index (χ3v) is 8.31. The lowest BCUT2D eigenvalue weighted by atomic mass is 9.93. The number of Topliss-reactive ketones (excluding diaryl/α,β-unsaturated/α-hetero) is 1. The van der Waals surface area contributed by atoms with E-state index in [-0.39, 0.29) is 58.2 Å². The topological polar surface area (TPSA) is 119 Å². The number of aryl methyl sites for hydroxylation is 1. The molecule has 1 aliphatic rings. The Morgan fingerprint density at radius 2 is 1.89 bits per heavy atom. The summed E-state index contributed by atoms with van der Waals surface area (Å²) in [4.78, 5) is 26.2. The molecule has 1 N–H and O–H groups in total. The fourth-order valence-corrected chi connectivity index (χ4v) is 6.37. The van der Waals surface area contributed by atoms with Crippen molar-refractivity contribution >= 4 is 59.6 Å². The highest BCUT2D eigenvalue weighted by Gasteiger charge is 2.30. The van der Waals surface area contributed by atoms with E-state index in [0.717, 1.165) is 6.26 Å². The van der Waals surface area contributed by atoms with Crippen LogP contribution in [0, 0.1) is 0 Å². The Morgan fingerprint density at radius 3 is 2.58 bits per heavy atom. The maximum absolute atomic E-state index is 13.7. The molecule has 2 aromatic carbocycles. The quantitative estimate of drug-likeness (QED) is 0.406. The molecule has 1 aromatic heterocycles. The molecule has 0 aliphatic heterocycles. The van der Waals surface area contributed by atoms with Crippen LogP contribution in [0.2, 0.25) is 5.02 Å². The van der Waals surface area contributed by atoms with Crippen molar-refractivity contribution in [3.63, 3.8) is 0 Å². The number of rotatable bonds is 9. The van der Waals surface area contributed by atoms with Gasteiger partial charge in [-0.2, -0.15) is 0 Å². The molecule has 38 heavy (non-hydrogen) atoms. The smallest absolute Gasteiger partial charge is 0.282 e. The maximum Gasteiger partial charge on any atom is 0.282 e. The van der Waals surface area contributed by atoms with E-state index in [2.05, 4.69) is 0 Å². The van der Waals surface area contributed by atoms with Crippen LogP contribution in [-0.2, 0) is 37.0 Å². The number of sulfone groups is 1. The van der Waals surface area contributed by atoms with Crippen molar-refractivity contribution in [1.29, 1.82) is 0 Å². The third-order valence-electron chi connectivity index (χ3n) is 5.89. The number of aromatic nitrogens is 1. The molecule has 3 aromatic rings. The highest BCUT2D eigenvalue weighted by molar-refractivity contribution is 7.90. The molecule has 0 saturated heterocycles. The minimum Gasteiger partial charge on any atom is -0.336 e. The molecule has 1 aliphatic carbocycles. The number of hydrogen-bond donors (Lipinski definition) is 1. The first kappa shape index (κ1) is 27.7. The lowest BCUT2D eigenvalue weighted by Crippen LogP contribution is -2.33. The lowest BCUT2D eigenvalue weighted by Gasteiger charge is -2.14. The maximum atomic E-state index is 13.7. The second kappa shape index (κ2) is 10.8. The average molecular weight is 579 g/mol. The monoisotopic (exact) mass is 578 g/mol. The normalized spacial score (nSPS) is 14.1. The summed E-state index contributed by atoms with van der Waals surface area (Å²) in [5.74, 6) is -1.68. The minimum atomic E-state index is -4.46. The molecule has 0 atom stereocenters. The number of alkyl halides is 1. The van der Waals surface area contributed by atoms with E-state index in [4.69, 9.17) is 11.6 Å². The van der Waals surface area contributed by atoms with Gasteiger partial charge in [0.05, 0.1) is 17.3 Å². The first-order chi connectivity index (χ1) is 17.9. The van der Waals surface area contributed by atoms with Crippen LogP contribution >= 0.6 is 11.6 Å². The molecular weight excluding hydrogens is 555 g/mol. The first-order valence-corrected chi connectivity index (χ1v) is 15.5. The van der Waals surface area contributed by atoms with Gasteiger partial charge < -0.3 is 4.57 Å². The second-order valence-electron chi connectivity index (χ2n) is 8.87. The largest absolute Gasteiger partial charge is 0.336 e. The van der Waals surface area contributed by atoms with Crippen molar-refractivity contribution in [2.45, 2.75) is 30.0 Å². The number of hydrogen-bond acceptors (Lipinski definition) is 6. The predicted molar refractivity (Wildman–Crippen MR) is 144 cm³/mol. The van der Waals surface area contributed by atoms with E-state index in [1.54, 1.807) is 36.4 Å². The minimum absolute atomic E-state index is 0.0403. The first-order valence-electron chi connectivity index (χ1n) is 11.5. The van der Waals surface area contributed by atoms with Gasteiger partial charge >= 0.3 is 0 Å². The van der Waals surface area contributed by atoms with E-state index in [1.165, 1.54) is 28.8 Å². The zero-order chi connectivity index (χ0) is 27.7. The van der Waals surface area contributed by atoms with Gasteiger partial charge in [0, 0.05) is 46.3 Å². The van der Waals surface area contributed by atoms with Crippen LogP contribution in [0.3, 0.4) is 0 Å². The van der Waals surface area contributed by atoms with Crippen molar-refractivity contribution in [1.82, 2.24) is 9.29 Å². The Bertz CT molecular complexity index is 1720. The number of ketones is 1. The summed E-state index contributed by atoms with van der Waals surface area (Å²) < 4.78 is 66.5. The molecule has 0 bridgehead atoms. The molecule has 200 valence electrons. The van der Waals surface area contributed by atoms with Crippen molar-refractivity contribution < 1.29 is 30.8 Å². The Hall–Kier alpha value is -3.28. The van der Waals surface area contributed by atoms with E-state index in [0.29, 0.717) is 15.9 Å². The zero-order valence-electron chi connectivity index (χ0n) is 20.3. The summed E-state index contributed by atoms with van der Waals surface area (Å²) in [7, 11) is -7.89.